The summed E-state index contributed by atoms with van der Waals surface area (Å²) >= 11 is 1.30. The fourth-order valence-corrected chi connectivity index (χ4v) is 4.97. The van der Waals surface area contributed by atoms with Crippen LogP contribution in [0.3, 0.4) is 0 Å². The fourth-order valence-electron chi connectivity index (χ4n) is 4.27. The predicted octanol–water partition coefficient (Wildman–Crippen LogP) is 3.76. The maximum atomic E-state index is 13.0. The average Bonchev–Trinajstić information content (AvgIpc) is 3.33. The van der Waals surface area contributed by atoms with Crippen molar-refractivity contribution in [2.45, 2.75) is 45.2 Å². The van der Waals surface area contributed by atoms with Crippen molar-refractivity contribution in [2.24, 2.45) is 5.92 Å². The Morgan fingerprint density at radius 3 is 2.67 bits per heavy atom. The molecular formula is C22H25F3N4O3S. The van der Waals surface area contributed by atoms with E-state index in [2.05, 4.69) is 15.2 Å². The normalized spacial score (nSPS) is 24.3. The number of benzene rings is 1. The highest BCUT2D eigenvalue weighted by Gasteiger charge is 2.37. The molecule has 2 amide bonds. The summed E-state index contributed by atoms with van der Waals surface area (Å²) in [5.74, 6) is -1.42. The molecule has 4 rings (SSSR count). The van der Waals surface area contributed by atoms with Gasteiger partial charge in [-0.1, -0.05) is 6.07 Å². The van der Waals surface area contributed by atoms with Crippen LogP contribution in [0.4, 0.5) is 24.0 Å². The number of nitrogens with one attached hydrogen (secondary N) is 1. The number of hydrogen-bond donors (Lipinski definition) is 1. The molecular weight excluding hydrogens is 457 g/mol. The summed E-state index contributed by atoms with van der Waals surface area (Å²) < 4.78 is 44.8. The van der Waals surface area contributed by atoms with E-state index in [1.54, 1.807) is 0 Å². The van der Waals surface area contributed by atoms with Crippen LogP contribution >= 0.6 is 11.3 Å². The van der Waals surface area contributed by atoms with E-state index in [0.717, 1.165) is 30.9 Å². The van der Waals surface area contributed by atoms with Crippen molar-refractivity contribution in [1.29, 1.82) is 0 Å². The molecule has 11 heteroatoms. The number of aromatic nitrogens is 1. The maximum absolute atomic E-state index is 13.0. The number of hydrogen-bond acceptors (Lipinski definition) is 6. The standard InChI is InChI=1S/C22H25F3N4O3S/c1-13-8-28(9-14(2)32-13)11-17-12-33-21(26-17)27-20(31)15-6-19(30)29(10-15)18-5-3-4-16(7-18)22(23,24)25/h3-5,7,12-15H,6,8-11H2,1-2H3,(H,26,27,31). The van der Waals surface area contributed by atoms with E-state index in [1.165, 1.54) is 28.4 Å². The SMILES string of the molecule is CC1CN(Cc2csc(NC(=O)C3CC(=O)N(c4cccc(C(F)(F)F)c4)C3)n2)CC(C)O1. The highest BCUT2D eigenvalue weighted by atomic mass is 32.1. The van der Waals surface area contributed by atoms with Crippen LogP contribution in [0.15, 0.2) is 29.6 Å². The largest absolute Gasteiger partial charge is 0.416 e. The number of ether oxygens (including phenoxy) is 1. The molecule has 2 fully saturated rings. The minimum absolute atomic E-state index is 0.0216. The van der Waals surface area contributed by atoms with Gasteiger partial charge in [0.05, 0.1) is 29.4 Å². The average molecular weight is 483 g/mol. The fraction of sp³-hybridized carbons (Fsp3) is 0.500. The van der Waals surface area contributed by atoms with Crippen LogP contribution in [-0.4, -0.2) is 53.5 Å². The molecule has 3 heterocycles. The first-order chi connectivity index (χ1) is 15.6. The van der Waals surface area contributed by atoms with Crippen molar-refractivity contribution in [1.82, 2.24) is 9.88 Å². The number of morpholine rings is 1. The zero-order valence-electron chi connectivity index (χ0n) is 18.3. The van der Waals surface area contributed by atoms with Gasteiger partial charge in [0.1, 0.15) is 0 Å². The van der Waals surface area contributed by atoms with Gasteiger partial charge in [-0.15, -0.1) is 11.3 Å². The third-order valence-electron chi connectivity index (χ3n) is 5.64. The van der Waals surface area contributed by atoms with E-state index in [-0.39, 0.29) is 42.7 Å². The van der Waals surface area contributed by atoms with Gasteiger partial charge in [0.15, 0.2) is 5.13 Å². The quantitative estimate of drug-likeness (QED) is 0.703. The predicted molar refractivity (Wildman–Crippen MR) is 118 cm³/mol. The van der Waals surface area contributed by atoms with Crippen molar-refractivity contribution in [3.8, 4) is 0 Å². The van der Waals surface area contributed by atoms with Gasteiger partial charge in [0, 0.05) is 43.7 Å². The molecule has 0 aliphatic carbocycles. The van der Waals surface area contributed by atoms with E-state index in [0.29, 0.717) is 11.7 Å². The Kier molecular flexibility index (Phi) is 6.73. The number of carbonyl (C=O) groups excluding carboxylic acids is 2. The van der Waals surface area contributed by atoms with Gasteiger partial charge in [-0.25, -0.2) is 4.98 Å². The third kappa shape index (κ3) is 5.71. The Bertz CT molecular complexity index is 1020. The summed E-state index contributed by atoms with van der Waals surface area (Å²) in [5.41, 5.74) is 0.139. The number of rotatable bonds is 5. The zero-order chi connectivity index (χ0) is 23.8. The highest BCUT2D eigenvalue weighted by molar-refractivity contribution is 7.13. The summed E-state index contributed by atoms with van der Waals surface area (Å²) in [7, 11) is 0. The van der Waals surface area contributed by atoms with Crippen LogP contribution in [-0.2, 0) is 27.0 Å². The number of amides is 2. The minimum Gasteiger partial charge on any atom is -0.373 e. The summed E-state index contributed by atoms with van der Waals surface area (Å²) in [4.78, 5) is 33.1. The van der Waals surface area contributed by atoms with E-state index in [1.807, 2.05) is 19.2 Å². The van der Waals surface area contributed by atoms with Gasteiger partial charge in [-0.2, -0.15) is 13.2 Å². The van der Waals surface area contributed by atoms with Gasteiger partial charge in [0.25, 0.3) is 0 Å². The van der Waals surface area contributed by atoms with Crippen molar-refractivity contribution in [3.05, 3.63) is 40.9 Å². The van der Waals surface area contributed by atoms with Gasteiger partial charge < -0.3 is 15.0 Å². The van der Waals surface area contributed by atoms with E-state index in [9.17, 15) is 22.8 Å². The molecule has 2 saturated heterocycles. The van der Waals surface area contributed by atoms with Crippen LogP contribution in [0, 0.1) is 5.92 Å². The first kappa shape index (κ1) is 23.7. The highest BCUT2D eigenvalue weighted by Crippen LogP contribution is 2.33. The van der Waals surface area contributed by atoms with Crippen molar-refractivity contribution in [3.63, 3.8) is 0 Å². The second kappa shape index (κ2) is 9.40. The smallest absolute Gasteiger partial charge is 0.373 e. The minimum atomic E-state index is -4.50. The van der Waals surface area contributed by atoms with E-state index in [4.69, 9.17) is 4.74 Å². The Morgan fingerprint density at radius 1 is 1.24 bits per heavy atom. The number of nitrogens with zero attached hydrogens (tertiary/aromatic N) is 3. The molecule has 2 aliphatic rings. The van der Waals surface area contributed by atoms with Crippen molar-refractivity contribution < 1.29 is 27.5 Å². The molecule has 0 radical (unpaired) electrons. The summed E-state index contributed by atoms with van der Waals surface area (Å²) in [6.45, 7) is 6.34. The van der Waals surface area contributed by atoms with Crippen LogP contribution in [0.2, 0.25) is 0 Å². The monoisotopic (exact) mass is 482 g/mol. The Morgan fingerprint density at radius 2 is 1.97 bits per heavy atom. The molecule has 178 valence electrons. The molecule has 0 bridgehead atoms. The first-order valence-electron chi connectivity index (χ1n) is 10.7. The Hall–Kier alpha value is -2.50. The lowest BCUT2D eigenvalue weighted by molar-refractivity contribution is -0.137. The molecule has 3 atom stereocenters. The summed E-state index contributed by atoms with van der Waals surface area (Å²) in [5, 5.41) is 5.08. The van der Waals surface area contributed by atoms with E-state index >= 15 is 0 Å². The molecule has 1 aromatic carbocycles. The first-order valence-corrected chi connectivity index (χ1v) is 11.6. The molecule has 33 heavy (non-hydrogen) atoms. The molecule has 0 spiro atoms. The van der Waals surface area contributed by atoms with Gasteiger partial charge in [0.2, 0.25) is 11.8 Å². The third-order valence-corrected chi connectivity index (χ3v) is 6.45. The van der Waals surface area contributed by atoms with Crippen LogP contribution in [0.25, 0.3) is 0 Å². The van der Waals surface area contributed by atoms with Crippen molar-refractivity contribution in [2.75, 3.05) is 29.9 Å². The molecule has 2 aromatic rings. The second-order valence-corrected chi connectivity index (χ2v) is 9.40. The number of anilines is 2. The summed E-state index contributed by atoms with van der Waals surface area (Å²) in [6.07, 6.45) is -4.28. The number of thiazole rings is 1. The summed E-state index contributed by atoms with van der Waals surface area (Å²) in [6, 6.07) is 4.57. The van der Waals surface area contributed by atoms with E-state index < -0.39 is 17.7 Å². The van der Waals surface area contributed by atoms with Crippen LogP contribution < -0.4 is 10.2 Å². The molecule has 7 nitrogen and oxygen atoms in total. The van der Waals surface area contributed by atoms with Gasteiger partial charge in [-0.05, 0) is 32.0 Å². The topological polar surface area (TPSA) is 74.8 Å². The van der Waals surface area contributed by atoms with Gasteiger partial charge >= 0.3 is 6.18 Å². The van der Waals surface area contributed by atoms with Crippen molar-refractivity contribution >= 4 is 34.0 Å². The Balaban J connectivity index is 1.36. The zero-order valence-corrected chi connectivity index (χ0v) is 19.1. The van der Waals surface area contributed by atoms with Gasteiger partial charge in [-0.3, -0.25) is 14.5 Å². The lowest BCUT2D eigenvalue weighted by Crippen LogP contribution is -2.44. The molecule has 1 aromatic heterocycles. The second-order valence-electron chi connectivity index (χ2n) is 8.54. The lowest BCUT2D eigenvalue weighted by atomic mass is 10.1. The number of halogens is 3. The molecule has 2 aliphatic heterocycles. The molecule has 1 N–H and O–H groups in total. The number of carbonyl (C=O) groups is 2. The van der Waals surface area contributed by atoms with Crippen LogP contribution in [0.1, 0.15) is 31.5 Å². The lowest BCUT2D eigenvalue weighted by Gasteiger charge is -2.34. The molecule has 3 unspecified atom stereocenters. The Labute approximate surface area is 193 Å². The number of alkyl halides is 3. The maximum Gasteiger partial charge on any atom is 0.416 e. The van der Waals surface area contributed by atoms with Crippen LogP contribution in [0.5, 0.6) is 0 Å². The molecule has 0 saturated carbocycles.